The van der Waals surface area contributed by atoms with Crippen LogP contribution < -0.4 is 5.32 Å². The van der Waals surface area contributed by atoms with Crippen molar-refractivity contribution in [3.63, 3.8) is 0 Å². The molecule has 1 saturated heterocycles. The monoisotopic (exact) mass is 372 g/mol. The Kier molecular flexibility index (Phi) is 5.91. The average Bonchev–Trinajstić information content (AvgIpc) is 3.16. The number of hydrogen-bond donors (Lipinski definition) is 1. The summed E-state index contributed by atoms with van der Waals surface area (Å²) >= 11 is 5.99. The Morgan fingerprint density at radius 2 is 2.04 bits per heavy atom. The van der Waals surface area contributed by atoms with Crippen LogP contribution in [0.25, 0.3) is 0 Å². The first kappa shape index (κ1) is 18.4. The summed E-state index contributed by atoms with van der Waals surface area (Å²) in [5, 5.41) is 3.46. The minimum atomic E-state index is -0.403. The number of benzene rings is 2. The molecule has 2 aromatic carbocycles. The summed E-state index contributed by atoms with van der Waals surface area (Å²) in [6.07, 6.45) is 1.22. The van der Waals surface area contributed by atoms with Gasteiger partial charge >= 0.3 is 0 Å². The van der Waals surface area contributed by atoms with Crippen LogP contribution in [0.4, 0.5) is 5.69 Å². The Bertz CT molecular complexity index is 803. The lowest BCUT2D eigenvalue weighted by Crippen LogP contribution is -2.28. The molecule has 0 saturated carbocycles. The van der Waals surface area contributed by atoms with Crippen molar-refractivity contribution in [1.29, 1.82) is 0 Å². The van der Waals surface area contributed by atoms with E-state index in [-0.39, 0.29) is 11.8 Å². The molecule has 2 amide bonds. The van der Waals surface area contributed by atoms with Crippen molar-refractivity contribution in [2.75, 3.05) is 19.0 Å². The van der Waals surface area contributed by atoms with Crippen LogP contribution in [0.2, 0.25) is 5.02 Å². The molecule has 0 aromatic heterocycles. The second-order valence-corrected chi connectivity index (χ2v) is 6.80. The van der Waals surface area contributed by atoms with E-state index in [2.05, 4.69) is 5.32 Å². The van der Waals surface area contributed by atoms with Crippen molar-refractivity contribution in [3.8, 4) is 0 Å². The lowest BCUT2D eigenvalue weighted by atomic mass is 10.1. The lowest BCUT2D eigenvalue weighted by molar-refractivity contribution is -0.124. The first-order valence-electron chi connectivity index (χ1n) is 8.55. The number of anilines is 1. The molecule has 136 valence electrons. The number of nitrogens with one attached hydrogen (secondary N) is 1. The molecule has 1 aliphatic rings. The molecular formula is C20H21ClN2O3. The largest absolute Gasteiger partial charge is 0.368 e. The van der Waals surface area contributed by atoms with Gasteiger partial charge in [-0.1, -0.05) is 29.8 Å². The van der Waals surface area contributed by atoms with Gasteiger partial charge in [-0.2, -0.15) is 0 Å². The molecule has 1 heterocycles. The second-order valence-electron chi connectivity index (χ2n) is 6.36. The van der Waals surface area contributed by atoms with Crippen molar-refractivity contribution in [1.82, 2.24) is 4.90 Å². The maximum Gasteiger partial charge on any atom is 0.253 e. The van der Waals surface area contributed by atoms with E-state index in [0.29, 0.717) is 29.4 Å². The van der Waals surface area contributed by atoms with Gasteiger partial charge in [-0.25, -0.2) is 0 Å². The van der Waals surface area contributed by atoms with Crippen LogP contribution in [0.15, 0.2) is 48.5 Å². The van der Waals surface area contributed by atoms with Crippen molar-refractivity contribution >= 4 is 29.1 Å². The van der Waals surface area contributed by atoms with E-state index >= 15 is 0 Å². The molecule has 6 heteroatoms. The molecular weight excluding hydrogens is 352 g/mol. The molecule has 5 nitrogen and oxygen atoms in total. The van der Waals surface area contributed by atoms with E-state index in [1.165, 1.54) is 0 Å². The van der Waals surface area contributed by atoms with Gasteiger partial charge in [0.25, 0.3) is 11.8 Å². The summed E-state index contributed by atoms with van der Waals surface area (Å²) in [5.41, 5.74) is 2.06. The van der Waals surface area contributed by atoms with Gasteiger partial charge in [0.05, 0.1) is 0 Å². The number of ether oxygens (including phenoxy) is 1. The Balaban J connectivity index is 1.66. The van der Waals surface area contributed by atoms with Crippen LogP contribution in [0.3, 0.4) is 0 Å². The van der Waals surface area contributed by atoms with Crippen LogP contribution in [0, 0.1) is 0 Å². The number of amides is 2. The topological polar surface area (TPSA) is 58.6 Å². The number of nitrogens with zero attached hydrogens (tertiary/aromatic N) is 1. The van der Waals surface area contributed by atoms with Crippen molar-refractivity contribution in [2.24, 2.45) is 0 Å². The Labute approximate surface area is 157 Å². The van der Waals surface area contributed by atoms with Gasteiger partial charge in [-0.3, -0.25) is 9.59 Å². The van der Waals surface area contributed by atoms with Gasteiger partial charge in [0.15, 0.2) is 0 Å². The van der Waals surface area contributed by atoms with Crippen LogP contribution in [0.5, 0.6) is 0 Å². The third-order valence-electron chi connectivity index (χ3n) is 4.25. The maximum atomic E-state index is 12.7. The molecule has 0 radical (unpaired) electrons. The lowest BCUT2D eigenvalue weighted by Gasteiger charge is -2.18. The number of rotatable bonds is 5. The van der Waals surface area contributed by atoms with E-state index in [1.54, 1.807) is 42.3 Å². The van der Waals surface area contributed by atoms with Crippen LogP contribution in [-0.2, 0) is 16.1 Å². The van der Waals surface area contributed by atoms with Crippen LogP contribution in [0.1, 0.15) is 28.8 Å². The summed E-state index contributed by atoms with van der Waals surface area (Å²) in [6.45, 7) is 1.07. The van der Waals surface area contributed by atoms with Crippen molar-refractivity contribution in [2.45, 2.75) is 25.5 Å². The second kappa shape index (κ2) is 8.34. The third kappa shape index (κ3) is 4.62. The van der Waals surface area contributed by atoms with Gasteiger partial charge < -0.3 is 15.0 Å². The quantitative estimate of drug-likeness (QED) is 0.870. The summed E-state index contributed by atoms with van der Waals surface area (Å²) < 4.78 is 5.38. The number of hydrogen-bond acceptors (Lipinski definition) is 3. The summed E-state index contributed by atoms with van der Waals surface area (Å²) in [4.78, 5) is 26.5. The molecule has 1 atom stereocenters. The standard InChI is InChI=1S/C20H21ClN2O3/c1-23(13-14-5-2-7-16(21)11-14)20(25)15-6-3-8-17(12-15)22-19(24)18-9-4-10-26-18/h2-3,5-8,11-12,18H,4,9-10,13H2,1H3,(H,22,24). The van der Waals surface area contributed by atoms with Gasteiger partial charge in [0.2, 0.25) is 0 Å². The fourth-order valence-corrected chi connectivity index (χ4v) is 3.15. The SMILES string of the molecule is CN(Cc1cccc(Cl)c1)C(=O)c1cccc(NC(=O)C2CCCO2)c1. The van der Waals surface area contributed by atoms with Gasteiger partial charge in [0.1, 0.15) is 6.10 Å². The van der Waals surface area contributed by atoms with Crippen LogP contribution >= 0.6 is 11.6 Å². The zero-order valence-corrected chi connectivity index (χ0v) is 15.3. The maximum absolute atomic E-state index is 12.7. The molecule has 0 spiro atoms. The minimum Gasteiger partial charge on any atom is -0.368 e. The third-order valence-corrected chi connectivity index (χ3v) is 4.49. The molecule has 26 heavy (non-hydrogen) atoms. The van der Waals surface area contributed by atoms with Crippen molar-refractivity contribution in [3.05, 3.63) is 64.7 Å². The van der Waals surface area contributed by atoms with Gasteiger partial charge in [-0.05, 0) is 48.7 Å². The number of halogens is 1. The molecule has 0 aliphatic carbocycles. The Morgan fingerprint density at radius 1 is 1.23 bits per heavy atom. The first-order chi connectivity index (χ1) is 12.5. The van der Waals surface area contributed by atoms with Gasteiger partial charge in [0, 0.05) is 36.5 Å². The van der Waals surface area contributed by atoms with E-state index < -0.39 is 6.10 Å². The zero-order chi connectivity index (χ0) is 18.5. The predicted molar refractivity (Wildman–Crippen MR) is 101 cm³/mol. The normalized spacial score (nSPS) is 16.3. The molecule has 0 bridgehead atoms. The van der Waals surface area contributed by atoms with E-state index in [9.17, 15) is 9.59 Å². The van der Waals surface area contributed by atoms with E-state index in [1.807, 2.05) is 18.2 Å². The molecule has 2 aromatic rings. The first-order valence-corrected chi connectivity index (χ1v) is 8.93. The fraction of sp³-hybridized carbons (Fsp3) is 0.300. The summed E-state index contributed by atoms with van der Waals surface area (Å²) in [7, 11) is 1.74. The minimum absolute atomic E-state index is 0.127. The highest BCUT2D eigenvalue weighted by molar-refractivity contribution is 6.30. The molecule has 3 rings (SSSR count). The van der Waals surface area contributed by atoms with E-state index in [0.717, 1.165) is 18.4 Å². The Morgan fingerprint density at radius 3 is 2.77 bits per heavy atom. The highest BCUT2D eigenvalue weighted by Crippen LogP contribution is 2.18. The number of carbonyl (C=O) groups is 2. The molecule has 1 fully saturated rings. The Hall–Kier alpha value is -2.37. The van der Waals surface area contributed by atoms with Crippen LogP contribution in [-0.4, -0.2) is 36.5 Å². The zero-order valence-electron chi connectivity index (χ0n) is 14.6. The molecule has 1 unspecified atom stereocenters. The van der Waals surface area contributed by atoms with Crippen molar-refractivity contribution < 1.29 is 14.3 Å². The van der Waals surface area contributed by atoms with E-state index in [4.69, 9.17) is 16.3 Å². The fourth-order valence-electron chi connectivity index (χ4n) is 2.94. The van der Waals surface area contributed by atoms with Gasteiger partial charge in [-0.15, -0.1) is 0 Å². The molecule has 1 N–H and O–H groups in total. The predicted octanol–water partition coefficient (Wildman–Crippen LogP) is 3.73. The molecule has 1 aliphatic heterocycles. The summed E-state index contributed by atoms with van der Waals surface area (Å²) in [6, 6.07) is 14.4. The number of carbonyl (C=O) groups excluding carboxylic acids is 2. The summed E-state index contributed by atoms with van der Waals surface area (Å²) in [5.74, 6) is -0.294. The smallest absolute Gasteiger partial charge is 0.253 e. The average molecular weight is 373 g/mol. The highest BCUT2D eigenvalue weighted by atomic mass is 35.5. The highest BCUT2D eigenvalue weighted by Gasteiger charge is 2.23.